The smallest absolute Gasteiger partial charge is 0.341 e. The largest absolute Gasteiger partial charge is 0.465 e. The van der Waals surface area contributed by atoms with E-state index in [1.54, 1.807) is 6.07 Å². The molecule has 0 aromatic heterocycles. The SMILES string of the molecule is Bc1cc2c(c(C(=O)OC)c1)OC(c1ccccc1)(c1ccccc1)O2. The van der Waals surface area contributed by atoms with Crippen molar-refractivity contribution in [1.29, 1.82) is 0 Å². The van der Waals surface area contributed by atoms with Gasteiger partial charge in [0.2, 0.25) is 0 Å². The number of hydrogen-bond donors (Lipinski definition) is 0. The predicted octanol–water partition coefficient (Wildman–Crippen LogP) is 2.40. The van der Waals surface area contributed by atoms with Gasteiger partial charge in [-0.2, -0.15) is 0 Å². The van der Waals surface area contributed by atoms with E-state index in [9.17, 15) is 4.79 Å². The van der Waals surface area contributed by atoms with E-state index >= 15 is 0 Å². The van der Waals surface area contributed by atoms with Crippen molar-refractivity contribution in [3.05, 3.63) is 89.5 Å². The monoisotopic (exact) mass is 344 g/mol. The third-order valence-corrected chi connectivity index (χ3v) is 4.41. The molecule has 3 aromatic rings. The Morgan fingerprint density at radius 3 is 2.04 bits per heavy atom. The van der Waals surface area contributed by atoms with Crippen LogP contribution in [0, 0.1) is 0 Å². The van der Waals surface area contributed by atoms with Crippen LogP contribution in [0.15, 0.2) is 72.8 Å². The van der Waals surface area contributed by atoms with E-state index in [-0.39, 0.29) is 0 Å². The standard InChI is InChI=1S/C21H17BO4/c1-24-20(23)17-12-16(22)13-18-19(17)26-21(25-18,14-8-4-2-5-9-14)15-10-6-3-7-11-15/h2-13H,22H2,1H3. The quantitative estimate of drug-likeness (QED) is 0.541. The van der Waals surface area contributed by atoms with Crippen molar-refractivity contribution in [2.75, 3.05) is 7.11 Å². The number of ether oxygens (including phenoxy) is 3. The van der Waals surface area contributed by atoms with Crippen molar-refractivity contribution < 1.29 is 19.0 Å². The lowest BCUT2D eigenvalue weighted by Gasteiger charge is -2.28. The van der Waals surface area contributed by atoms with Gasteiger partial charge in [-0.25, -0.2) is 4.79 Å². The highest BCUT2D eigenvalue weighted by atomic mass is 16.7. The summed E-state index contributed by atoms with van der Waals surface area (Å²) in [5, 5.41) is 0. The Hall–Kier alpha value is -3.21. The van der Waals surface area contributed by atoms with Gasteiger partial charge in [0.05, 0.1) is 7.11 Å². The van der Waals surface area contributed by atoms with Gasteiger partial charge in [0.25, 0.3) is 0 Å². The van der Waals surface area contributed by atoms with Crippen molar-refractivity contribution in [2.24, 2.45) is 0 Å². The average molecular weight is 344 g/mol. The van der Waals surface area contributed by atoms with Crippen molar-refractivity contribution in [3.63, 3.8) is 0 Å². The van der Waals surface area contributed by atoms with Crippen LogP contribution in [0.5, 0.6) is 11.5 Å². The van der Waals surface area contributed by atoms with Gasteiger partial charge in [-0.1, -0.05) is 66.1 Å². The highest BCUT2D eigenvalue weighted by Crippen LogP contribution is 2.48. The zero-order valence-corrected chi connectivity index (χ0v) is 14.6. The molecule has 0 saturated carbocycles. The molecule has 128 valence electrons. The van der Waals surface area contributed by atoms with Crippen LogP contribution in [-0.4, -0.2) is 20.9 Å². The maximum absolute atomic E-state index is 12.3. The van der Waals surface area contributed by atoms with Crippen molar-refractivity contribution in [1.82, 2.24) is 0 Å². The molecule has 0 aliphatic carbocycles. The molecular weight excluding hydrogens is 327 g/mol. The summed E-state index contributed by atoms with van der Waals surface area (Å²) < 4.78 is 17.6. The lowest BCUT2D eigenvalue weighted by Crippen LogP contribution is -2.36. The van der Waals surface area contributed by atoms with E-state index in [1.807, 2.05) is 74.6 Å². The Bertz CT molecular complexity index is 915. The molecule has 4 rings (SSSR count). The Morgan fingerprint density at radius 1 is 0.923 bits per heavy atom. The molecule has 0 N–H and O–H groups in total. The minimum Gasteiger partial charge on any atom is -0.465 e. The van der Waals surface area contributed by atoms with Gasteiger partial charge in [-0.15, -0.1) is 0 Å². The number of rotatable bonds is 3. The summed E-state index contributed by atoms with van der Waals surface area (Å²) in [6.45, 7) is 0. The number of benzene rings is 3. The van der Waals surface area contributed by atoms with Gasteiger partial charge in [0.15, 0.2) is 11.5 Å². The lowest BCUT2D eigenvalue weighted by molar-refractivity contribution is -0.0462. The number of carbonyl (C=O) groups is 1. The Morgan fingerprint density at radius 2 is 1.50 bits per heavy atom. The normalized spacial score (nSPS) is 14.0. The summed E-state index contributed by atoms with van der Waals surface area (Å²) in [5.74, 6) is -0.680. The van der Waals surface area contributed by atoms with Crippen LogP contribution in [0.1, 0.15) is 21.5 Å². The molecule has 0 unspecified atom stereocenters. The number of esters is 1. The summed E-state index contributed by atoms with van der Waals surface area (Å²) in [5.41, 5.74) is 2.94. The molecule has 5 heteroatoms. The van der Waals surface area contributed by atoms with E-state index in [4.69, 9.17) is 14.2 Å². The highest BCUT2D eigenvalue weighted by molar-refractivity contribution is 6.33. The van der Waals surface area contributed by atoms with E-state index in [2.05, 4.69) is 0 Å². The van der Waals surface area contributed by atoms with E-state index in [1.165, 1.54) is 7.11 Å². The van der Waals surface area contributed by atoms with E-state index in [0.717, 1.165) is 16.6 Å². The Balaban J connectivity index is 1.92. The fourth-order valence-corrected chi connectivity index (χ4v) is 3.22. The summed E-state index contributed by atoms with van der Waals surface area (Å²) in [6, 6.07) is 23.0. The summed E-state index contributed by atoms with van der Waals surface area (Å²) in [6.07, 6.45) is 0. The average Bonchev–Trinajstić information content (AvgIpc) is 3.08. The second kappa shape index (κ2) is 6.26. The molecule has 4 nitrogen and oxygen atoms in total. The number of fused-ring (bicyclic) bond motifs is 1. The molecule has 3 aromatic carbocycles. The first-order chi connectivity index (χ1) is 12.6. The van der Waals surface area contributed by atoms with Crippen molar-refractivity contribution in [2.45, 2.75) is 5.79 Å². The van der Waals surface area contributed by atoms with Crippen LogP contribution in [0.4, 0.5) is 0 Å². The number of hydrogen-bond acceptors (Lipinski definition) is 4. The zero-order valence-electron chi connectivity index (χ0n) is 14.6. The lowest BCUT2D eigenvalue weighted by atomic mass is 9.93. The number of methoxy groups -OCH3 is 1. The van der Waals surface area contributed by atoms with Crippen molar-refractivity contribution in [3.8, 4) is 11.5 Å². The summed E-state index contributed by atoms with van der Waals surface area (Å²) >= 11 is 0. The third-order valence-electron chi connectivity index (χ3n) is 4.41. The first-order valence-corrected chi connectivity index (χ1v) is 8.36. The molecular formula is C21H17BO4. The zero-order chi connectivity index (χ0) is 18.1. The van der Waals surface area contributed by atoms with E-state index in [0.29, 0.717) is 17.1 Å². The summed E-state index contributed by atoms with van der Waals surface area (Å²) in [7, 11) is 3.26. The van der Waals surface area contributed by atoms with Gasteiger partial charge in [0, 0.05) is 11.1 Å². The first-order valence-electron chi connectivity index (χ1n) is 8.36. The predicted molar refractivity (Wildman–Crippen MR) is 101 cm³/mol. The minimum absolute atomic E-state index is 0.358. The fourth-order valence-electron chi connectivity index (χ4n) is 3.22. The molecule has 1 aliphatic rings. The molecule has 0 fully saturated rings. The molecule has 26 heavy (non-hydrogen) atoms. The van der Waals surface area contributed by atoms with Gasteiger partial charge < -0.3 is 14.2 Å². The minimum atomic E-state index is -1.15. The first kappa shape index (κ1) is 16.3. The number of carbonyl (C=O) groups excluding carboxylic acids is 1. The van der Waals surface area contributed by atoms with Crippen LogP contribution >= 0.6 is 0 Å². The molecule has 1 heterocycles. The van der Waals surface area contributed by atoms with Crippen LogP contribution in [0.3, 0.4) is 0 Å². The van der Waals surface area contributed by atoms with Gasteiger partial charge >= 0.3 is 11.8 Å². The molecule has 0 bridgehead atoms. The van der Waals surface area contributed by atoms with Crippen LogP contribution in [-0.2, 0) is 10.5 Å². The van der Waals surface area contributed by atoms with Crippen molar-refractivity contribution >= 4 is 19.3 Å². The fraction of sp³-hybridized carbons (Fsp3) is 0.0952. The second-order valence-corrected chi connectivity index (χ2v) is 6.18. The van der Waals surface area contributed by atoms with Crippen LogP contribution < -0.4 is 14.9 Å². The maximum Gasteiger partial charge on any atom is 0.341 e. The molecule has 0 saturated heterocycles. The maximum atomic E-state index is 12.3. The topological polar surface area (TPSA) is 44.8 Å². The Labute approximate surface area is 152 Å². The molecule has 0 amide bonds. The second-order valence-electron chi connectivity index (χ2n) is 6.18. The van der Waals surface area contributed by atoms with Gasteiger partial charge in [-0.05, 0) is 12.1 Å². The van der Waals surface area contributed by atoms with Crippen LogP contribution in [0.25, 0.3) is 0 Å². The highest BCUT2D eigenvalue weighted by Gasteiger charge is 2.47. The molecule has 0 radical (unpaired) electrons. The van der Waals surface area contributed by atoms with E-state index < -0.39 is 11.8 Å². The summed E-state index contributed by atoms with van der Waals surface area (Å²) in [4.78, 5) is 12.3. The molecule has 0 atom stereocenters. The molecule has 1 aliphatic heterocycles. The Kier molecular flexibility index (Phi) is 3.92. The third kappa shape index (κ3) is 2.53. The molecule has 0 spiro atoms. The van der Waals surface area contributed by atoms with Gasteiger partial charge in [-0.3, -0.25) is 0 Å². The van der Waals surface area contributed by atoms with Crippen LogP contribution in [0.2, 0.25) is 0 Å². The van der Waals surface area contributed by atoms with Gasteiger partial charge in [0.1, 0.15) is 13.4 Å².